The lowest BCUT2D eigenvalue weighted by Gasteiger charge is -2.10. The predicted molar refractivity (Wildman–Crippen MR) is 71.8 cm³/mol. The topological polar surface area (TPSA) is 111 Å². The molecule has 1 heterocycles. The molecule has 21 heavy (non-hydrogen) atoms. The summed E-state index contributed by atoms with van der Waals surface area (Å²) in [5, 5.41) is 12.8. The third-order valence-electron chi connectivity index (χ3n) is 2.87. The van der Waals surface area contributed by atoms with Crippen molar-refractivity contribution in [2.45, 2.75) is 10.6 Å². The van der Waals surface area contributed by atoms with Gasteiger partial charge in [0.15, 0.2) is 9.84 Å². The number of aromatic carboxylic acids is 1. The number of aryl methyl sites for hydroxylation is 1. The molecule has 0 fully saturated rings. The molecule has 0 aliphatic carbocycles. The van der Waals surface area contributed by atoms with E-state index in [1.54, 1.807) is 7.05 Å². The van der Waals surface area contributed by atoms with Crippen LogP contribution in [0.4, 0.5) is 0 Å². The van der Waals surface area contributed by atoms with Crippen molar-refractivity contribution in [3.8, 4) is 5.75 Å². The SMILES string of the molecule is COc1ccc(C(=O)O)cc1S(=O)(=O)Cc1ncnn1C. The summed E-state index contributed by atoms with van der Waals surface area (Å²) in [5.74, 6) is -1.28. The van der Waals surface area contributed by atoms with Gasteiger partial charge in [-0.2, -0.15) is 5.10 Å². The molecule has 2 rings (SSSR count). The molecule has 0 spiro atoms. The number of carboxylic acid groups (broad SMARTS) is 1. The molecule has 0 aliphatic rings. The molecular formula is C12H13N3O5S. The maximum Gasteiger partial charge on any atom is 0.335 e. The molecule has 1 aromatic heterocycles. The molecule has 0 bridgehead atoms. The Kier molecular flexibility index (Phi) is 3.94. The summed E-state index contributed by atoms with van der Waals surface area (Å²) in [7, 11) is -0.927. The van der Waals surface area contributed by atoms with Crippen LogP contribution in [-0.4, -0.2) is 41.4 Å². The van der Waals surface area contributed by atoms with Crippen LogP contribution in [0.2, 0.25) is 0 Å². The molecule has 0 amide bonds. The Labute approximate surface area is 120 Å². The lowest BCUT2D eigenvalue weighted by Crippen LogP contribution is -2.12. The van der Waals surface area contributed by atoms with E-state index >= 15 is 0 Å². The molecule has 8 nitrogen and oxygen atoms in total. The van der Waals surface area contributed by atoms with Gasteiger partial charge in [0.2, 0.25) is 0 Å². The van der Waals surface area contributed by atoms with E-state index in [-0.39, 0.29) is 22.0 Å². The van der Waals surface area contributed by atoms with E-state index < -0.39 is 21.6 Å². The summed E-state index contributed by atoms with van der Waals surface area (Å²) in [6.07, 6.45) is 1.25. The van der Waals surface area contributed by atoms with E-state index in [1.165, 1.54) is 30.3 Å². The predicted octanol–water partition coefficient (Wildman–Crippen LogP) is 0.496. The number of carbonyl (C=O) groups is 1. The molecule has 0 aliphatic heterocycles. The number of nitrogens with zero attached hydrogens (tertiary/aromatic N) is 3. The van der Waals surface area contributed by atoms with Gasteiger partial charge in [0.05, 0.1) is 12.7 Å². The summed E-state index contributed by atoms with van der Waals surface area (Å²) in [6.45, 7) is 0. The van der Waals surface area contributed by atoms with E-state index in [4.69, 9.17) is 9.84 Å². The maximum atomic E-state index is 12.5. The third-order valence-corrected chi connectivity index (χ3v) is 4.50. The largest absolute Gasteiger partial charge is 0.495 e. The lowest BCUT2D eigenvalue weighted by molar-refractivity contribution is 0.0696. The van der Waals surface area contributed by atoms with Crippen molar-refractivity contribution in [3.63, 3.8) is 0 Å². The standard InChI is InChI=1S/C12H13N3O5S/c1-15-11(13-7-14-15)6-21(18,19)10-5-8(12(16)17)3-4-9(10)20-2/h3-5,7H,6H2,1-2H3,(H,16,17). The molecule has 1 aromatic carbocycles. The Bertz CT molecular complexity index is 782. The number of aromatic nitrogens is 3. The second-order valence-electron chi connectivity index (χ2n) is 4.23. The van der Waals surface area contributed by atoms with Crippen molar-refractivity contribution < 1.29 is 23.1 Å². The second-order valence-corrected chi connectivity index (χ2v) is 6.19. The van der Waals surface area contributed by atoms with Crippen molar-refractivity contribution in [2.75, 3.05) is 7.11 Å². The van der Waals surface area contributed by atoms with Crippen LogP contribution in [0.25, 0.3) is 0 Å². The molecule has 2 aromatic rings. The fraction of sp³-hybridized carbons (Fsp3) is 0.250. The molecule has 0 unspecified atom stereocenters. The second kappa shape index (κ2) is 5.52. The van der Waals surface area contributed by atoms with E-state index in [0.29, 0.717) is 0 Å². The van der Waals surface area contributed by atoms with Crippen molar-refractivity contribution in [1.29, 1.82) is 0 Å². The summed E-state index contributed by atoms with van der Waals surface area (Å²) in [4.78, 5) is 14.7. The highest BCUT2D eigenvalue weighted by Crippen LogP contribution is 2.27. The first-order valence-electron chi connectivity index (χ1n) is 5.82. The number of carboxylic acids is 1. The highest BCUT2D eigenvalue weighted by atomic mass is 32.2. The molecule has 1 N–H and O–H groups in total. The summed E-state index contributed by atoms with van der Waals surface area (Å²) < 4.78 is 31.2. The van der Waals surface area contributed by atoms with E-state index in [9.17, 15) is 13.2 Å². The van der Waals surface area contributed by atoms with Gasteiger partial charge >= 0.3 is 5.97 Å². The number of methoxy groups -OCH3 is 1. The first kappa shape index (κ1) is 15.0. The Hall–Kier alpha value is -2.42. The van der Waals surface area contributed by atoms with Gasteiger partial charge in [-0.3, -0.25) is 4.68 Å². The molecular weight excluding hydrogens is 298 g/mol. The Balaban J connectivity index is 2.50. The molecule has 9 heteroatoms. The zero-order valence-electron chi connectivity index (χ0n) is 11.3. The molecule has 0 saturated heterocycles. The van der Waals surface area contributed by atoms with Crippen LogP contribution in [0, 0.1) is 0 Å². The van der Waals surface area contributed by atoms with Crippen molar-refractivity contribution in [2.24, 2.45) is 7.05 Å². The van der Waals surface area contributed by atoms with Crippen LogP contribution >= 0.6 is 0 Å². The monoisotopic (exact) mass is 311 g/mol. The van der Waals surface area contributed by atoms with Crippen LogP contribution in [-0.2, 0) is 22.6 Å². The minimum Gasteiger partial charge on any atom is -0.495 e. The normalized spacial score (nSPS) is 11.3. The minimum atomic E-state index is -3.82. The van der Waals surface area contributed by atoms with Gasteiger partial charge in [0.1, 0.15) is 28.5 Å². The molecule has 0 atom stereocenters. The van der Waals surface area contributed by atoms with Crippen LogP contribution in [0.3, 0.4) is 0 Å². The number of ether oxygens (including phenoxy) is 1. The number of sulfone groups is 1. The fourth-order valence-corrected chi connectivity index (χ4v) is 3.27. The smallest absolute Gasteiger partial charge is 0.335 e. The van der Waals surface area contributed by atoms with Gasteiger partial charge in [-0.25, -0.2) is 18.2 Å². The van der Waals surface area contributed by atoms with Gasteiger partial charge in [-0.05, 0) is 18.2 Å². The Morgan fingerprint density at radius 2 is 2.14 bits per heavy atom. The van der Waals surface area contributed by atoms with Gasteiger partial charge in [-0.1, -0.05) is 0 Å². The maximum absolute atomic E-state index is 12.5. The average Bonchev–Trinajstić information content (AvgIpc) is 2.82. The van der Waals surface area contributed by atoms with Crippen molar-refractivity contribution in [1.82, 2.24) is 14.8 Å². The summed E-state index contributed by atoms with van der Waals surface area (Å²) in [5.41, 5.74) is -0.132. The van der Waals surface area contributed by atoms with Crippen LogP contribution in [0.1, 0.15) is 16.2 Å². The first-order valence-corrected chi connectivity index (χ1v) is 7.47. The highest BCUT2D eigenvalue weighted by Gasteiger charge is 2.24. The third kappa shape index (κ3) is 3.02. The Morgan fingerprint density at radius 1 is 1.43 bits per heavy atom. The van der Waals surface area contributed by atoms with E-state index in [0.717, 1.165) is 6.07 Å². The summed E-state index contributed by atoms with van der Waals surface area (Å²) in [6, 6.07) is 3.67. The Morgan fingerprint density at radius 3 is 2.67 bits per heavy atom. The fourth-order valence-electron chi connectivity index (χ4n) is 1.75. The van der Waals surface area contributed by atoms with Crippen molar-refractivity contribution in [3.05, 3.63) is 35.9 Å². The van der Waals surface area contributed by atoms with Crippen molar-refractivity contribution >= 4 is 15.8 Å². The lowest BCUT2D eigenvalue weighted by atomic mass is 10.2. The van der Waals surface area contributed by atoms with Gasteiger partial charge < -0.3 is 9.84 Å². The molecule has 112 valence electrons. The van der Waals surface area contributed by atoms with Gasteiger partial charge in [0.25, 0.3) is 0 Å². The number of hydrogen-bond acceptors (Lipinski definition) is 6. The van der Waals surface area contributed by atoms with Crippen LogP contribution in [0.5, 0.6) is 5.75 Å². The number of rotatable bonds is 5. The minimum absolute atomic E-state index is 0.0853. The molecule has 0 radical (unpaired) electrons. The van der Waals surface area contributed by atoms with Gasteiger partial charge in [0, 0.05) is 7.05 Å². The van der Waals surface area contributed by atoms with Crippen LogP contribution < -0.4 is 4.74 Å². The quantitative estimate of drug-likeness (QED) is 0.855. The summed E-state index contributed by atoms with van der Waals surface area (Å²) >= 11 is 0. The molecule has 0 saturated carbocycles. The van der Waals surface area contributed by atoms with E-state index in [1.807, 2.05) is 0 Å². The first-order chi connectivity index (χ1) is 9.85. The van der Waals surface area contributed by atoms with Gasteiger partial charge in [-0.15, -0.1) is 0 Å². The zero-order chi connectivity index (χ0) is 15.6. The van der Waals surface area contributed by atoms with Crippen LogP contribution in [0.15, 0.2) is 29.4 Å². The zero-order valence-corrected chi connectivity index (χ0v) is 12.2. The average molecular weight is 311 g/mol. The number of hydrogen-bond donors (Lipinski definition) is 1. The number of benzene rings is 1. The highest BCUT2D eigenvalue weighted by molar-refractivity contribution is 7.90. The van der Waals surface area contributed by atoms with E-state index in [2.05, 4.69) is 10.1 Å².